The third kappa shape index (κ3) is 2.86. The van der Waals surface area contributed by atoms with Crippen LogP contribution in [-0.4, -0.2) is 37.5 Å². The quantitative estimate of drug-likeness (QED) is 0.842. The highest BCUT2D eigenvalue weighted by atomic mass is 35.5. The van der Waals surface area contributed by atoms with Gasteiger partial charge in [-0.1, -0.05) is 17.7 Å². The molecule has 1 heterocycles. The molecule has 1 atom stereocenters. The second-order valence-electron chi connectivity index (χ2n) is 5.88. The Morgan fingerprint density at radius 3 is 2.65 bits per heavy atom. The number of rotatable bonds is 2. The highest BCUT2D eigenvalue weighted by molar-refractivity contribution is 7.89. The van der Waals surface area contributed by atoms with E-state index in [1.54, 1.807) is 12.1 Å². The predicted molar refractivity (Wildman–Crippen MR) is 79.6 cm³/mol. The standard InChI is InChI=1S/C14H20ClNO3S/c1-10-5-6-12(7-13(10)15)20(17,18)16-8-11(2)19-9-14(16,3)4/h5-7,11H,8-9H2,1-4H3. The Hall–Kier alpha value is -0.620. The fraction of sp³-hybridized carbons (Fsp3) is 0.571. The van der Waals surface area contributed by atoms with Gasteiger partial charge in [0.25, 0.3) is 0 Å². The summed E-state index contributed by atoms with van der Waals surface area (Å²) in [7, 11) is -3.57. The highest BCUT2D eigenvalue weighted by Gasteiger charge is 2.41. The zero-order valence-electron chi connectivity index (χ0n) is 12.2. The topological polar surface area (TPSA) is 46.6 Å². The van der Waals surface area contributed by atoms with Crippen LogP contribution in [-0.2, 0) is 14.8 Å². The minimum absolute atomic E-state index is 0.112. The molecule has 1 aliphatic rings. The average molecular weight is 318 g/mol. The molecular weight excluding hydrogens is 298 g/mol. The van der Waals surface area contributed by atoms with Gasteiger partial charge in [-0.25, -0.2) is 8.42 Å². The molecular formula is C14H20ClNO3S. The molecule has 2 rings (SSSR count). The number of halogens is 1. The van der Waals surface area contributed by atoms with Gasteiger partial charge in [0.2, 0.25) is 10.0 Å². The Labute approximate surface area is 125 Å². The van der Waals surface area contributed by atoms with Gasteiger partial charge >= 0.3 is 0 Å². The smallest absolute Gasteiger partial charge is 0.243 e. The summed E-state index contributed by atoms with van der Waals surface area (Å²) in [4.78, 5) is 0.232. The van der Waals surface area contributed by atoms with Crippen molar-refractivity contribution in [3.8, 4) is 0 Å². The van der Waals surface area contributed by atoms with E-state index in [1.165, 1.54) is 10.4 Å². The lowest BCUT2D eigenvalue weighted by molar-refractivity contribution is -0.0551. The number of sulfonamides is 1. The fourth-order valence-corrected chi connectivity index (χ4v) is 4.35. The third-order valence-electron chi connectivity index (χ3n) is 3.55. The molecule has 1 aliphatic heterocycles. The molecule has 20 heavy (non-hydrogen) atoms. The van der Waals surface area contributed by atoms with Gasteiger partial charge in [0.1, 0.15) is 0 Å². The van der Waals surface area contributed by atoms with Crippen LogP contribution < -0.4 is 0 Å². The van der Waals surface area contributed by atoms with Crippen LogP contribution in [0.25, 0.3) is 0 Å². The van der Waals surface area contributed by atoms with Crippen LogP contribution in [0.15, 0.2) is 23.1 Å². The minimum Gasteiger partial charge on any atom is -0.375 e. The monoisotopic (exact) mass is 317 g/mol. The molecule has 1 aromatic carbocycles. The van der Waals surface area contributed by atoms with Crippen molar-refractivity contribution in [2.45, 2.75) is 44.2 Å². The minimum atomic E-state index is -3.57. The Balaban J connectivity index is 2.45. The van der Waals surface area contributed by atoms with Crippen molar-refractivity contribution in [1.82, 2.24) is 4.31 Å². The van der Waals surface area contributed by atoms with Gasteiger partial charge in [-0.3, -0.25) is 0 Å². The first-order chi connectivity index (χ1) is 9.14. The maximum Gasteiger partial charge on any atom is 0.243 e. The van der Waals surface area contributed by atoms with Crippen LogP contribution in [0.3, 0.4) is 0 Å². The lowest BCUT2D eigenvalue weighted by Gasteiger charge is -2.43. The summed E-state index contributed by atoms with van der Waals surface area (Å²) in [6, 6.07) is 4.85. The van der Waals surface area contributed by atoms with Crippen LogP contribution in [0.1, 0.15) is 26.3 Å². The van der Waals surface area contributed by atoms with Crippen LogP contribution in [0.2, 0.25) is 5.02 Å². The fourth-order valence-electron chi connectivity index (χ4n) is 2.24. The summed E-state index contributed by atoms with van der Waals surface area (Å²) >= 11 is 6.05. The number of aryl methyl sites for hydroxylation is 1. The van der Waals surface area contributed by atoms with E-state index >= 15 is 0 Å². The lowest BCUT2D eigenvalue weighted by atomic mass is 10.1. The van der Waals surface area contributed by atoms with Crippen LogP contribution >= 0.6 is 11.6 Å². The summed E-state index contributed by atoms with van der Waals surface area (Å²) in [6.07, 6.45) is -0.112. The molecule has 0 N–H and O–H groups in total. The van der Waals surface area contributed by atoms with E-state index in [2.05, 4.69) is 0 Å². The number of ether oxygens (including phenoxy) is 1. The molecule has 112 valence electrons. The summed E-state index contributed by atoms with van der Waals surface area (Å²) in [5, 5.41) is 0.463. The number of hydrogen-bond donors (Lipinski definition) is 0. The molecule has 0 amide bonds. The first kappa shape index (κ1) is 15.8. The zero-order valence-corrected chi connectivity index (χ0v) is 13.8. The van der Waals surface area contributed by atoms with Crippen molar-refractivity contribution >= 4 is 21.6 Å². The van der Waals surface area contributed by atoms with Crippen LogP contribution in [0, 0.1) is 6.92 Å². The predicted octanol–water partition coefficient (Wildman–Crippen LogP) is 2.84. The molecule has 4 nitrogen and oxygen atoms in total. The van der Waals surface area contributed by atoms with E-state index in [4.69, 9.17) is 16.3 Å². The summed E-state index contributed by atoms with van der Waals surface area (Å²) < 4.78 is 32.7. The zero-order chi connectivity index (χ0) is 15.1. The molecule has 1 fully saturated rings. The third-order valence-corrected chi connectivity index (χ3v) is 6.03. The Bertz CT molecular complexity index is 613. The number of hydrogen-bond acceptors (Lipinski definition) is 3. The van der Waals surface area contributed by atoms with Crippen LogP contribution in [0.5, 0.6) is 0 Å². The van der Waals surface area contributed by atoms with E-state index in [0.29, 0.717) is 18.2 Å². The average Bonchev–Trinajstić information content (AvgIpc) is 2.35. The van der Waals surface area contributed by atoms with Crippen molar-refractivity contribution in [2.24, 2.45) is 0 Å². The van der Waals surface area contributed by atoms with E-state index in [-0.39, 0.29) is 11.0 Å². The van der Waals surface area contributed by atoms with Gasteiger partial charge in [-0.05, 0) is 45.4 Å². The van der Waals surface area contributed by atoms with E-state index in [0.717, 1.165) is 5.56 Å². The lowest BCUT2D eigenvalue weighted by Crippen LogP contribution is -2.57. The molecule has 0 radical (unpaired) electrons. The number of nitrogens with zero attached hydrogens (tertiary/aromatic N) is 1. The Morgan fingerprint density at radius 1 is 1.40 bits per heavy atom. The van der Waals surface area contributed by atoms with E-state index < -0.39 is 15.6 Å². The van der Waals surface area contributed by atoms with Gasteiger partial charge in [-0.2, -0.15) is 4.31 Å². The molecule has 1 saturated heterocycles. The first-order valence-corrected chi connectivity index (χ1v) is 8.37. The van der Waals surface area contributed by atoms with Gasteiger partial charge in [0.15, 0.2) is 0 Å². The molecule has 6 heteroatoms. The molecule has 0 bridgehead atoms. The molecule has 0 spiro atoms. The second-order valence-corrected chi connectivity index (χ2v) is 8.15. The van der Waals surface area contributed by atoms with Crippen LogP contribution in [0.4, 0.5) is 0 Å². The molecule has 0 aliphatic carbocycles. The van der Waals surface area contributed by atoms with Crippen molar-refractivity contribution < 1.29 is 13.2 Å². The molecule has 0 saturated carbocycles. The SMILES string of the molecule is Cc1ccc(S(=O)(=O)N2CC(C)OCC2(C)C)cc1Cl. The number of morpholine rings is 1. The highest BCUT2D eigenvalue weighted by Crippen LogP contribution is 2.30. The second kappa shape index (κ2) is 5.30. The number of benzene rings is 1. The summed E-state index contributed by atoms with van der Waals surface area (Å²) in [5.41, 5.74) is 0.295. The van der Waals surface area contributed by atoms with Gasteiger partial charge in [0.05, 0.1) is 23.1 Å². The van der Waals surface area contributed by atoms with E-state index in [9.17, 15) is 8.42 Å². The maximum absolute atomic E-state index is 12.8. The summed E-state index contributed by atoms with van der Waals surface area (Å²) in [5.74, 6) is 0. The largest absolute Gasteiger partial charge is 0.375 e. The maximum atomic E-state index is 12.8. The normalized spacial score (nSPS) is 23.8. The molecule has 1 unspecified atom stereocenters. The van der Waals surface area contributed by atoms with Crippen molar-refractivity contribution in [3.63, 3.8) is 0 Å². The van der Waals surface area contributed by atoms with Crippen molar-refractivity contribution in [1.29, 1.82) is 0 Å². The Morgan fingerprint density at radius 2 is 2.05 bits per heavy atom. The van der Waals surface area contributed by atoms with E-state index in [1.807, 2.05) is 27.7 Å². The Kier molecular flexibility index (Phi) is 4.17. The molecule has 0 aromatic heterocycles. The van der Waals surface area contributed by atoms with Crippen molar-refractivity contribution in [3.05, 3.63) is 28.8 Å². The van der Waals surface area contributed by atoms with Gasteiger partial charge in [0, 0.05) is 11.6 Å². The first-order valence-electron chi connectivity index (χ1n) is 6.55. The summed E-state index contributed by atoms with van der Waals surface area (Å²) in [6.45, 7) is 8.19. The van der Waals surface area contributed by atoms with Crippen molar-refractivity contribution in [2.75, 3.05) is 13.2 Å². The van der Waals surface area contributed by atoms with Gasteiger partial charge in [-0.15, -0.1) is 0 Å². The molecule has 1 aromatic rings. The van der Waals surface area contributed by atoms with Gasteiger partial charge < -0.3 is 4.74 Å².